The van der Waals surface area contributed by atoms with Crippen molar-refractivity contribution >= 4 is 5.70 Å². The van der Waals surface area contributed by atoms with Crippen LogP contribution in [0.4, 0.5) is 0 Å². The van der Waals surface area contributed by atoms with Gasteiger partial charge in [0.2, 0.25) is 0 Å². The van der Waals surface area contributed by atoms with Crippen molar-refractivity contribution in [2.45, 2.75) is 13.0 Å². The molecule has 0 spiro atoms. The maximum atomic E-state index is 11.5. The van der Waals surface area contributed by atoms with Gasteiger partial charge in [-0.2, -0.15) is 0 Å². The average molecular weight is 224 g/mol. The number of hydrogen-bond donors (Lipinski definition) is 2. The molecule has 0 aliphatic carbocycles. The number of ether oxygens (including phenoxy) is 1. The van der Waals surface area contributed by atoms with Crippen molar-refractivity contribution in [3.63, 3.8) is 0 Å². The molecule has 6 nitrogen and oxygen atoms in total. The molecule has 0 radical (unpaired) electrons. The lowest BCUT2D eigenvalue weighted by Crippen LogP contribution is -2.30. The molecule has 1 aliphatic rings. The summed E-state index contributed by atoms with van der Waals surface area (Å²) in [5, 5.41) is 8.88. The van der Waals surface area contributed by atoms with Gasteiger partial charge in [0, 0.05) is 11.8 Å². The summed E-state index contributed by atoms with van der Waals surface area (Å²) in [6, 6.07) is 0. The molecule has 6 heteroatoms. The van der Waals surface area contributed by atoms with Crippen molar-refractivity contribution in [3.8, 4) is 0 Å². The standard InChI is InChI=1S/C10H12N2O4/c1-6-3-12(10(15)11-9(6)14)7-2-8(4-13)16-5-7/h2-3,8,13H,4-5H2,1H3,(H,11,14,15)/t8-/m1/s1. The van der Waals surface area contributed by atoms with E-state index in [2.05, 4.69) is 4.98 Å². The number of aryl methyl sites for hydroxylation is 1. The van der Waals surface area contributed by atoms with Crippen molar-refractivity contribution < 1.29 is 9.84 Å². The van der Waals surface area contributed by atoms with Gasteiger partial charge in [-0.25, -0.2) is 4.79 Å². The quantitative estimate of drug-likeness (QED) is 0.680. The van der Waals surface area contributed by atoms with Gasteiger partial charge < -0.3 is 9.84 Å². The molecule has 2 heterocycles. The summed E-state index contributed by atoms with van der Waals surface area (Å²) in [6.07, 6.45) is 2.75. The minimum absolute atomic E-state index is 0.124. The maximum Gasteiger partial charge on any atom is 0.332 e. The predicted molar refractivity (Wildman–Crippen MR) is 57.2 cm³/mol. The number of aliphatic hydroxyl groups is 1. The van der Waals surface area contributed by atoms with E-state index in [4.69, 9.17) is 9.84 Å². The minimum Gasteiger partial charge on any atom is -0.393 e. The second-order valence-corrected chi connectivity index (χ2v) is 3.63. The summed E-state index contributed by atoms with van der Waals surface area (Å²) in [5.41, 5.74) is 0.194. The number of H-pyrrole nitrogens is 1. The first-order valence-corrected chi connectivity index (χ1v) is 4.88. The third-order valence-corrected chi connectivity index (χ3v) is 2.43. The third-order valence-electron chi connectivity index (χ3n) is 2.43. The molecule has 2 rings (SSSR count). The Hall–Kier alpha value is -1.66. The largest absolute Gasteiger partial charge is 0.393 e. The van der Waals surface area contributed by atoms with Crippen LogP contribution in [0.15, 0.2) is 21.9 Å². The number of nitrogens with one attached hydrogen (secondary N) is 1. The summed E-state index contributed by atoms with van der Waals surface area (Å²) in [4.78, 5) is 24.9. The second kappa shape index (κ2) is 4.07. The number of hydrogen-bond acceptors (Lipinski definition) is 4. The van der Waals surface area contributed by atoms with E-state index in [0.717, 1.165) is 0 Å². The van der Waals surface area contributed by atoms with Gasteiger partial charge in [-0.15, -0.1) is 0 Å². The highest BCUT2D eigenvalue weighted by Crippen LogP contribution is 2.14. The molecule has 16 heavy (non-hydrogen) atoms. The Morgan fingerprint density at radius 2 is 2.38 bits per heavy atom. The van der Waals surface area contributed by atoms with Gasteiger partial charge in [0.05, 0.1) is 18.9 Å². The summed E-state index contributed by atoms with van der Waals surface area (Å²) in [5.74, 6) is 0. The van der Waals surface area contributed by atoms with Gasteiger partial charge in [0.25, 0.3) is 5.56 Å². The highest BCUT2D eigenvalue weighted by molar-refractivity contribution is 5.49. The Kier molecular flexibility index (Phi) is 2.76. The first-order valence-electron chi connectivity index (χ1n) is 4.88. The number of aliphatic hydroxyl groups excluding tert-OH is 1. The van der Waals surface area contributed by atoms with E-state index in [1.807, 2.05) is 0 Å². The molecule has 0 bridgehead atoms. The Morgan fingerprint density at radius 3 is 3.00 bits per heavy atom. The summed E-state index contributed by atoms with van der Waals surface area (Å²) >= 11 is 0. The Balaban J connectivity index is 2.46. The van der Waals surface area contributed by atoms with Gasteiger partial charge in [-0.05, 0) is 13.0 Å². The molecule has 1 atom stereocenters. The SMILES string of the molecule is Cc1cn(C2=C[C@H](CO)OC2)c(=O)[nH]c1=O. The van der Waals surface area contributed by atoms with Crippen molar-refractivity contribution in [3.05, 3.63) is 38.7 Å². The van der Waals surface area contributed by atoms with E-state index < -0.39 is 5.69 Å². The van der Waals surface area contributed by atoms with Crippen LogP contribution >= 0.6 is 0 Å². The lowest BCUT2D eigenvalue weighted by molar-refractivity contribution is 0.0754. The lowest BCUT2D eigenvalue weighted by atomic mass is 10.3. The fraction of sp³-hybridized carbons (Fsp3) is 0.400. The number of aromatic nitrogens is 2. The Labute approximate surface area is 90.8 Å². The van der Waals surface area contributed by atoms with Gasteiger partial charge in [-0.3, -0.25) is 14.3 Å². The van der Waals surface area contributed by atoms with Crippen LogP contribution in [0.2, 0.25) is 0 Å². The van der Waals surface area contributed by atoms with Gasteiger partial charge in [0.1, 0.15) is 6.10 Å². The highest BCUT2D eigenvalue weighted by atomic mass is 16.5. The molecule has 0 saturated carbocycles. The zero-order valence-corrected chi connectivity index (χ0v) is 8.77. The molecule has 1 aromatic heterocycles. The van der Waals surface area contributed by atoms with Crippen LogP contribution in [0.5, 0.6) is 0 Å². The molecule has 0 amide bonds. The number of aromatic amines is 1. The molecular formula is C10H12N2O4. The Bertz CT molecular complexity index is 540. The highest BCUT2D eigenvalue weighted by Gasteiger charge is 2.17. The van der Waals surface area contributed by atoms with Gasteiger partial charge in [-0.1, -0.05) is 0 Å². The van der Waals surface area contributed by atoms with Crippen molar-refractivity contribution in [1.82, 2.24) is 9.55 Å². The molecule has 1 aromatic rings. The molecule has 0 fully saturated rings. The van der Waals surface area contributed by atoms with E-state index >= 15 is 0 Å². The van der Waals surface area contributed by atoms with Crippen LogP contribution in [-0.2, 0) is 4.74 Å². The van der Waals surface area contributed by atoms with Gasteiger partial charge in [0.15, 0.2) is 0 Å². The zero-order valence-electron chi connectivity index (χ0n) is 8.77. The fourth-order valence-corrected chi connectivity index (χ4v) is 1.54. The minimum atomic E-state index is -0.496. The van der Waals surface area contributed by atoms with E-state index in [1.54, 1.807) is 13.0 Å². The molecule has 0 unspecified atom stereocenters. The lowest BCUT2D eigenvalue weighted by Gasteiger charge is -2.04. The predicted octanol–water partition coefficient (Wildman–Crippen LogP) is -0.923. The first kappa shape index (κ1) is 10.8. The molecule has 0 saturated heterocycles. The molecule has 86 valence electrons. The van der Waals surface area contributed by atoms with E-state index in [9.17, 15) is 9.59 Å². The van der Waals surface area contributed by atoms with Crippen LogP contribution in [0.1, 0.15) is 5.56 Å². The van der Waals surface area contributed by atoms with Crippen molar-refractivity contribution in [1.29, 1.82) is 0 Å². The first-order chi connectivity index (χ1) is 7.61. The van der Waals surface area contributed by atoms with Crippen molar-refractivity contribution in [2.75, 3.05) is 13.2 Å². The monoisotopic (exact) mass is 224 g/mol. The Morgan fingerprint density at radius 1 is 1.62 bits per heavy atom. The summed E-state index contributed by atoms with van der Waals surface area (Å²) in [7, 11) is 0. The second-order valence-electron chi connectivity index (χ2n) is 3.63. The third kappa shape index (κ3) is 1.84. The fourth-order valence-electron chi connectivity index (χ4n) is 1.54. The van der Waals surface area contributed by atoms with Crippen LogP contribution in [0.3, 0.4) is 0 Å². The van der Waals surface area contributed by atoms with E-state index in [0.29, 0.717) is 11.3 Å². The summed E-state index contributed by atoms with van der Waals surface area (Å²) < 4.78 is 6.53. The zero-order chi connectivity index (χ0) is 11.7. The molecular weight excluding hydrogens is 212 g/mol. The van der Waals surface area contributed by atoms with E-state index in [1.165, 1.54) is 10.8 Å². The van der Waals surface area contributed by atoms with E-state index in [-0.39, 0.29) is 24.9 Å². The number of rotatable bonds is 2. The normalized spacial score (nSPS) is 19.9. The topological polar surface area (TPSA) is 84.3 Å². The maximum absolute atomic E-state index is 11.5. The van der Waals surface area contributed by atoms with Crippen LogP contribution < -0.4 is 11.2 Å². The molecule has 0 aromatic carbocycles. The average Bonchev–Trinajstić information content (AvgIpc) is 2.71. The van der Waals surface area contributed by atoms with Crippen molar-refractivity contribution in [2.24, 2.45) is 0 Å². The number of nitrogens with zero attached hydrogens (tertiary/aromatic N) is 1. The van der Waals surface area contributed by atoms with Crippen LogP contribution in [-0.4, -0.2) is 34.0 Å². The summed E-state index contributed by atoms with van der Waals surface area (Å²) in [6.45, 7) is 1.74. The smallest absolute Gasteiger partial charge is 0.332 e. The van der Waals surface area contributed by atoms with Gasteiger partial charge >= 0.3 is 5.69 Å². The molecule has 1 aliphatic heterocycles. The molecule has 2 N–H and O–H groups in total. The van der Waals surface area contributed by atoms with Crippen LogP contribution in [0.25, 0.3) is 5.70 Å². The van der Waals surface area contributed by atoms with Crippen LogP contribution in [0, 0.1) is 6.92 Å².